The van der Waals surface area contributed by atoms with Gasteiger partial charge >= 0.3 is 0 Å². The molecule has 20 heavy (non-hydrogen) atoms. The van der Waals surface area contributed by atoms with E-state index >= 15 is 0 Å². The Morgan fingerprint density at radius 1 is 1.30 bits per heavy atom. The molecule has 1 aromatic heterocycles. The molecule has 0 amide bonds. The van der Waals surface area contributed by atoms with Crippen molar-refractivity contribution >= 4 is 35.1 Å². The van der Waals surface area contributed by atoms with Crippen molar-refractivity contribution in [2.75, 3.05) is 30.0 Å². The lowest BCUT2D eigenvalue weighted by molar-refractivity contribution is 0.969. The van der Waals surface area contributed by atoms with Crippen molar-refractivity contribution in [2.45, 2.75) is 0 Å². The van der Waals surface area contributed by atoms with Crippen molar-refractivity contribution < 1.29 is 0 Å². The van der Waals surface area contributed by atoms with E-state index in [0.29, 0.717) is 22.2 Å². The molecule has 1 heterocycles. The number of halogens is 1. The Morgan fingerprint density at radius 3 is 2.70 bits per heavy atom. The zero-order chi connectivity index (χ0) is 14.7. The summed E-state index contributed by atoms with van der Waals surface area (Å²) in [5, 5.41) is 12.5. The summed E-state index contributed by atoms with van der Waals surface area (Å²) >= 11 is 5.92. The fraction of sp³-hybridized carbons (Fsp3) is 0.167. The molecule has 8 heteroatoms. The molecule has 0 saturated heterocycles. The highest BCUT2D eigenvalue weighted by Crippen LogP contribution is 2.23. The largest absolute Gasteiger partial charge is 0.368 e. The second-order valence-electron chi connectivity index (χ2n) is 4.14. The second-order valence-corrected chi connectivity index (χ2v) is 4.57. The second kappa shape index (κ2) is 5.59. The molecule has 0 radical (unpaired) electrons. The van der Waals surface area contributed by atoms with Gasteiger partial charge in [0.15, 0.2) is 0 Å². The van der Waals surface area contributed by atoms with E-state index in [0.717, 1.165) is 0 Å². The maximum atomic E-state index is 9.07. The van der Waals surface area contributed by atoms with Gasteiger partial charge < -0.3 is 16.0 Å². The van der Waals surface area contributed by atoms with Crippen molar-refractivity contribution in [3.05, 3.63) is 28.8 Å². The van der Waals surface area contributed by atoms with Crippen LogP contribution in [0.1, 0.15) is 5.56 Å². The first kappa shape index (κ1) is 13.8. The van der Waals surface area contributed by atoms with Gasteiger partial charge in [-0.15, -0.1) is 0 Å². The van der Waals surface area contributed by atoms with Gasteiger partial charge in [0.05, 0.1) is 11.3 Å². The molecule has 2 rings (SSSR count). The number of nitrogens with zero attached hydrogens (tertiary/aromatic N) is 5. The molecular formula is C12H12ClN7. The minimum atomic E-state index is 0.0896. The predicted molar refractivity (Wildman–Crippen MR) is 78.0 cm³/mol. The summed E-state index contributed by atoms with van der Waals surface area (Å²) in [7, 11) is 3.58. The summed E-state index contributed by atoms with van der Waals surface area (Å²) in [6, 6.07) is 6.93. The Labute approximate surface area is 121 Å². The Kier molecular flexibility index (Phi) is 3.86. The van der Waals surface area contributed by atoms with Crippen LogP contribution in [0.25, 0.3) is 0 Å². The van der Waals surface area contributed by atoms with Gasteiger partial charge in [-0.1, -0.05) is 11.6 Å². The molecule has 0 aliphatic rings. The molecule has 0 saturated carbocycles. The number of nitrogens with one attached hydrogen (secondary N) is 1. The van der Waals surface area contributed by atoms with Crippen LogP contribution in [0.15, 0.2) is 18.2 Å². The molecule has 0 aliphatic carbocycles. The van der Waals surface area contributed by atoms with Crippen LogP contribution in [-0.2, 0) is 0 Å². The Balaban J connectivity index is 2.40. The highest BCUT2D eigenvalue weighted by Gasteiger charge is 2.09. The van der Waals surface area contributed by atoms with Gasteiger partial charge in [0, 0.05) is 19.1 Å². The van der Waals surface area contributed by atoms with E-state index in [1.165, 1.54) is 0 Å². The third-order valence-electron chi connectivity index (χ3n) is 2.39. The Morgan fingerprint density at radius 2 is 2.05 bits per heavy atom. The molecule has 1 aromatic carbocycles. The van der Waals surface area contributed by atoms with Crippen LogP contribution < -0.4 is 16.0 Å². The molecule has 0 atom stereocenters. The first-order chi connectivity index (χ1) is 9.49. The van der Waals surface area contributed by atoms with Gasteiger partial charge in [-0.3, -0.25) is 0 Å². The zero-order valence-corrected chi connectivity index (χ0v) is 11.7. The average Bonchev–Trinajstić information content (AvgIpc) is 2.38. The summed E-state index contributed by atoms with van der Waals surface area (Å²) < 4.78 is 0. The number of nitrogens with two attached hydrogens (primary N) is 1. The zero-order valence-electron chi connectivity index (χ0n) is 10.9. The summed E-state index contributed by atoms with van der Waals surface area (Å²) in [5.74, 6) is 0.757. The van der Waals surface area contributed by atoms with E-state index in [4.69, 9.17) is 22.6 Å². The van der Waals surface area contributed by atoms with Crippen LogP contribution in [0.3, 0.4) is 0 Å². The predicted octanol–water partition coefficient (Wildman–Crippen LogP) is 1.79. The van der Waals surface area contributed by atoms with Crippen molar-refractivity contribution in [1.82, 2.24) is 15.0 Å². The molecular weight excluding hydrogens is 278 g/mol. The molecule has 0 spiro atoms. The highest BCUT2D eigenvalue weighted by molar-refractivity contribution is 6.30. The molecule has 2 aromatic rings. The lowest BCUT2D eigenvalue weighted by Crippen LogP contribution is -2.15. The first-order valence-corrected chi connectivity index (χ1v) is 6.03. The van der Waals surface area contributed by atoms with Gasteiger partial charge in [0.25, 0.3) is 0 Å². The van der Waals surface area contributed by atoms with E-state index in [9.17, 15) is 0 Å². The van der Waals surface area contributed by atoms with Crippen LogP contribution >= 0.6 is 11.6 Å². The molecule has 0 aliphatic heterocycles. The van der Waals surface area contributed by atoms with Crippen LogP contribution in [0.2, 0.25) is 5.02 Å². The van der Waals surface area contributed by atoms with Gasteiger partial charge in [-0.2, -0.15) is 20.2 Å². The molecule has 0 unspecified atom stereocenters. The molecule has 0 fully saturated rings. The average molecular weight is 290 g/mol. The molecule has 0 bridgehead atoms. The third-order valence-corrected chi connectivity index (χ3v) is 2.62. The van der Waals surface area contributed by atoms with E-state index in [1.54, 1.807) is 37.2 Å². The minimum Gasteiger partial charge on any atom is -0.368 e. The Hall–Kier alpha value is -2.59. The van der Waals surface area contributed by atoms with Gasteiger partial charge in [0.2, 0.25) is 17.8 Å². The SMILES string of the molecule is CN(C)c1nc(N)nc(Nc2cc(Cl)ccc2C#N)n1. The fourth-order valence-corrected chi connectivity index (χ4v) is 1.65. The van der Waals surface area contributed by atoms with Crippen LogP contribution in [0.5, 0.6) is 0 Å². The van der Waals surface area contributed by atoms with E-state index in [-0.39, 0.29) is 11.9 Å². The molecule has 3 N–H and O–H groups in total. The number of benzene rings is 1. The van der Waals surface area contributed by atoms with Crippen LogP contribution in [-0.4, -0.2) is 29.0 Å². The van der Waals surface area contributed by atoms with E-state index in [1.807, 2.05) is 0 Å². The lowest BCUT2D eigenvalue weighted by atomic mass is 10.2. The van der Waals surface area contributed by atoms with Gasteiger partial charge in [0.1, 0.15) is 6.07 Å². The first-order valence-electron chi connectivity index (χ1n) is 5.65. The van der Waals surface area contributed by atoms with Crippen molar-refractivity contribution in [3.8, 4) is 6.07 Å². The summed E-state index contributed by atoms with van der Waals surface area (Å²) in [4.78, 5) is 13.9. The van der Waals surface area contributed by atoms with Gasteiger partial charge in [-0.05, 0) is 18.2 Å². The fourth-order valence-electron chi connectivity index (χ4n) is 1.47. The van der Waals surface area contributed by atoms with Crippen molar-refractivity contribution in [2.24, 2.45) is 0 Å². The van der Waals surface area contributed by atoms with Crippen molar-refractivity contribution in [3.63, 3.8) is 0 Å². The summed E-state index contributed by atoms with van der Waals surface area (Å²) in [6.45, 7) is 0. The standard InChI is InChI=1S/C12H12ClN7/c1-20(2)12-18-10(15)17-11(19-12)16-9-5-8(13)4-3-7(9)6-14/h3-5H,1-2H3,(H3,15,16,17,18,19). The maximum Gasteiger partial charge on any atom is 0.233 e. The number of hydrogen-bond acceptors (Lipinski definition) is 7. The maximum absolute atomic E-state index is 9.07. The topological polar surface area (TPSA) is 104 Å². The number of aromatic nitrogens is 3. The summed E-state index contributed by atoms with van der Waals surface area (Å²) in [5.41, 5.74) is 6.57. The summed E-state index contributed by atoms with van der Waals surface area (Å²) in [6.07, 6.45) is 0. The third kappa shape index (κ3) is 3.05. The number of hydrogen-bond donors (Lipinski definition) is 2. The number of anilines is 4. The van der Waals surface area contributed by atoms with E-state index in [2.05, 4.69) is 26.3 Å². The van der Waals surface area contributed by atoms with Gasteiger partial charge in [-0.25, -0.2) is 0 Å². The minimum absolute atomic E-state index is 0.0896. The normalized spacial score (nSPS) is 9.90. The highest BCUT2D eigenvalue weighted by atomic mass is 35.5. The number of rotatable bonds is 3. The smallest absolute Gasteiger partial charge is 0.233 e. The lowest BCUT2D eigenvalue weighted by Gasteiger charge is -2.12. The number of nitriles is 1. The Bertz CT molecular complexity index is 678. The molecule has 102 valence electrons. The van der Waals surface area contributed by atoms with Crippen molar-refractivity contribution in [1.29, 1.82) is 5.26 Å². The quantitative estimate of drug-likeness (QED) is 0.887. The number of nitrogen functional groups attached to an aromatic ring is 1. The van der Waals surface area contributed by atoms with Crippen LogP contribution in [0, 0.1) is 11.3 Å². The van der Waals surface area contributed by atoms with Crippen LogP contribution in [0.4, 0.5) is 23.5 Å². The monoisotopic (exact) mass is 289 g/mol. The molecule has 7 nitrogen and oxygen atoms in total. The van der Waals surface area contributed by atoms with E-state index < -0.39 is 0 Å².